The van der Waals surface area contributed by atoms with E-state index in [1.54, 1.807) is 0 Å². The molecule has 2 rings (SSSR count). The van der Waals surface area contributed by atoms with E-state index in [4.69, 9.17) is 16.2 Å². The van der Waals surface area contributed by atoms with Gasteiger partial charge in [0.05, 0.1) is 7.36 Å². The molecule has 0 radical (unpaired) electrons. The summed E-state index contributed by atoms with van der Waals surface area (Å²) in [7, 11) is -2.26. The van der Waals surface area contributed by atoms with Crippen LogP contribution in [0.3, 0.4) is 0 Å². The molecule has 0 aromatic carbocycles. The van der Waals surface area contributed by atoms with Gasteiger partial charge in [0.1, 0.15) is 0 Å². The molecule has 2 fully saturated rings. The second kappa shape index (κ2) is 2.32. The van der Waals surface area contributed by atoms with Crippen LogP contribution in [0.5, 0.6) is 0 Å². The minimum Gasteiger partial charge on any atom is -0.290 e. The quantitative estimate of drug-likeness (QED) is 0.528. The zero-order valence-electron chi connectivity index (χ0n) is 6.66. The van der Waals surface area contributed by atoms with Crippen LogP contribution < -0.4 is 11.0 Å². The fourth-order valence-electron chi connectivity index (χ4n) is 2.73. The normalized spacial score (nSPS) is 43.3. The van der Waals surface area contributed by atoms with Crippen LogP contribution in [0.25, 0.3) is 0 Å². The molecule has 2 aliphatic carbocycles. The highest BCUT2D eigenvalue weighted by Crippen LogP contribution is 2.56. The molecule has 0 aliphatic heterocycles. The van der Waals surface area contributed by atoms with Crippen LogP contribution in [-0.4, -0.2) is 5.66 Å². The summed E-state index contributed by atoms with van der Waals surface area (Å²) < 4.78 is 0. The van der Waals surface area contributed by atoms with E-state index in [9.17, 15) is 0 Å². The van der Waals surface area contributed by atoms with Crippen LogP contribution in [0.2, 0.25) is 0 Å². The molecule has 11 heavy (non-hydrogen) atoms. The number of rotatable bonds is 1. The Hall–Kier alpha value is 0.150. The molecule has 4 heteroatoms. The molecule has 64 valence electrons. The molecule has 3 atom stereocenters. The molecule has 2 saturated carbocycles. The highest BCUT2D eigenvalue weighted by atomic mass is 31.2. The van der Waals surface area contributed by atoms with Crippen molar-refractivity contribution < 1.29 is 0 Å². The summed E-state index contributed by atoms with van der Waals surface area (Å²) in [5.41, 5.74) is 11.7. The molecule has 5 N–H and O–H groups in total. The number of nitrogens with two attached hydrogens (primary N) is 2. The molecule has 0 heterocycles. The molecule has 0 aromatic rings. The maximum absolute atomic E-state index is 7.65. The zero-order chi connectivity index (χ0) is 8.06. The summed E-state index contributed by atoms with van der Waals surface area (Å²) in [6.07, 6.45) is 5.10. The Morgan fingerprint density at radius 3 is 2.18 bits per heavy atom. The molecule has 3 unspecified atom stereocenters. The first-order valence-corrected chi connectivity index (χ1v) is 6.28. The third kappa shape index (κ3) is 1.26. The summed E-state index contributed by atoms with van der Waals surface area (Å²) in [6.45, 7) is 0. The van der Waals surface area contributed by atoms with Gasteiger partial charge in [0, 0.05) is 5.66 Å². The first-order valence-electron chi connectivity index (χ1n) is 4.28. The Balaban J connectivity index is 2.14. The molecule has 2 bridgehead atoms. The van der Waals surface area contributed by atoms with Crippen molar-refractivity contribution in [1.82, 2.24) is 0 Å². The Bertz CT molecular complexity index is 210. The third-order valence-corrected chi connectivity index (χ3v) is 4.98. The Morgan fingerprint density at radius 1 is 1.18 bits per heavy atom. The van der Waals surface area contributed by atoms with Crippen molar-refractivity contribution in [2.24, 2.45) is 22.8 Å². The largest absolute Gasteiger partial charge is 0.290 e. The van der Waals surface area contributed by atoms with E-state index in [-0.39, 0.29) is 0 Å². The van der Waals surface area contributed by atoms with Crippen LogP contribution in [0.4, 0.5) is 0 Å². The predicted octanol–water partition coefficient (Wildman–Crippen LogP) is 1.70. The second-order valence-electron chi connectivity index (χ2n) is 4.08. The fourth-order valence-corrected chi connectivity index (χ4v) is 4.35. The van der Waals surface area contributed by atoms with Gasteiger partial charge in [-0.3, -0.25) is 16.2 Å². The molecule has 3 nitrogen and oxygen atoms in total. The Kier molecular flexibility index (Phi) is 1.64. The lowest BCUT2D eigenvalue weighted by molar-refractivity contribution is 0.484. The van der Waals surface area contributed by atoms with Crippen molar-refractivity contribution in [3.8, 4) is 0 Å². The molecule has 0 amide bonds. The van der Waals surface area contributed by atoms with Gasteiger partial charge in [-0.2, -0.15) is 0 Å². The lowest BCUT2D eigenvalue weighted by Gasteiger charge is -2.27. The minimum atomic E-state index is -2.26. The van der Waals surface area contributed by atoms with Crippen molar-refractivity contribution in [2.75, 3.05) is 0 Å². The van der Waals surface area contributed by atoms with Crippen LogP contribution in [0.15, 0.2) is 0 Å². The summed E-state index contributed by atoms with van der Waals surface area (Å²) in [5.74, 6) is 1.57. The van der Waals surface area contributed by atoms with E-state index in [0.717, 1.165) is 12.3 Å². The van der Waals surface area contributed by atoms with Gasteiger partial charge in [-0.15, -0.1) is 0 Å². The molecule has 0 saturated heterocycles. The van der Waals surface area contributed by atoms with Crippen LogP contribution in [0.1, 0.15) is 25.7 Å². The van der Waals surface area contributed by atoms with Gasteiger partial charge >= 0.3 is 0 Å². The lowest BCUT2D eigenvalue weighted by atomic mass is 10.0. The molecule has 0 spiro atoms. The van der Waals surface area contributed by atoms with E-state index in [2.05, 4.69) is 0 Å². The van der Waals surface area contributed by atoms with E-state index in [0.29, 0.717) is 11.6 Å². The van der Waals surface area contributed by atoms with Crippen molar-refractivity contribution in [1.29, 1.82) is 5.16 Å². The van der Waals surface area contributed by atoms with Gasteiger partial charge in [0.25, 0.3) is 0 Å². The maximum Gasteiger partial charge on any atom is 0.0866 e. The summed E-state index contributed by atoms with van der Waals surface area (Å²) >= 11 is 0. The van der Waals surface area contributed by atoms with Crippen LogP contribution >= 0.6 is 7.36 Å². The highest BCUT2D eigenvalue weighted by Gasteiger charge is 2.43. The second-order valence-corrected chi connectivity index (χ2v) is 6.41. The number of fused-ring (bicyclic) bond motifs is 2. The van der Waals surface area contributed by atoms with Crippen molar-refractivity contribution in [3.63, 3.8) is 0 Å². The van der Waals surface area contributed by atoms with E-state index >= 15 is 0 Å². The van der Waals surface area contributed by atoms with Gasteiger partial charge in [-0.1, -0.05) is 6.42 Å². The molecule has 0 aromatic heterocycles. The van der Waals surface area contributed by atoms with Crippen molar-refractivity contribution >= 4 is 7.36 Å². The zero-order valence-corrected chi connectivity index (χ0v) is 7.56. The number of nitrogens with one attached hydrogen (secondary N) is 1. The van der Waals surface area contributed by atoms with E-state index in [1.165, 1.54) is 19.3 Å². The van der Waals surface area contributed by atoms with Crippen LogP contribution in [-0.2, 0) is 0 Å². The summed E-state index contributed by atoms with van der Waals surface area (Å²) in [4.78, 5) is 0. The molecule has 2 aliphatic rings. The van der Waals surface area contributed by atoms with Gasteiger partial charge in [-0.25, -0.2) is 0 Å². The number of hydrogen-bond donors (Lipinski definition) is 3. The minimum absolute atomic E-state index is 0.376. The smallest absolute Gasteiger partial charge is 0.0866 e. The highest BCUT2D eigenvalue weighted by molar-refractivity contribution is 7.61. The van der Waals surface area contributed by atoms with Crippen molar-refractivity contribution in [2.45, 2.75) is 31.3 Å². The monoisotopic (exact) mass is 173 g/mol. The Labute approximate surface area is 67.5 Å². The standard InChI is InChI=1S/C7H16N3P/c8-11(9,10)7-4-5-1-2-6(7)3-5/h5-7H,1-4H2,(H5,8,9,10). The van der Waals surface area contributed by atoms with Gasteiger partial charge in [0.15, 0.2) is 0 Å². The maximum atomic E-state index is 7.65. The Morgan fingerprint density at radius 2 is 1.91 bits per heavy atom. The predicted molar refractivity (Wildman–Crippen MR) is 47.3 cm³/mol. The summed E-state index contributed by atoms with van der Waals surface area (Å²) in [5, 5.41) is 7.65. The SMILES string of the molecule is N=P(N)(N)C1CC2CCC1C2. The molecular formula is C7H16N3P. The van der Waals surface area contributed by atoms with Gasteiger partial charge in [0.2, 0.25) is 0 Å². The average Bonchev–Trinajstić information content (AvgIpc) is 2.42. The first-order chi connectivity index (χ1) is 5.07. The van der Waals surface area contributed by atoms with Crippen LogP contribution in [0, 0.1) is 17.0 Å². The van der Waals surface area contributed by atoms with Crippen molar-refractivity contribution in [3.05, 3.63) is 0 Å². The first kappa shape index (κ1) is 7.78. The summed E-state index contributed by atoms with van der Waals surface area (Å²) in [6, 6.07) is 0. The van der Waals surface area contributed by atoms with Gasteiger partial charge < -0.3 is 0 Å². The number of hydrogen-bond acceptors (Lipinski definition) is 1. The van der Waals surface area contributed by atoms with E-state index in [1.807, 2.05) is 0 Å². The lowest BCUT2D eigenvalue weighted by Crippen LogP contribution is -2.25. The average molecular weight is 173 g/mol. The van der Waals surface area contributed by atoms with E-state index < -0.39 is 7.36 Å². The fraction of sp³-hybridized carbons (Fsp3) is 1.00. The third-order valence-electron chi connectivity index (χ3n) is 3.25. The molecular weight excluding hydrogens is 157 g/mol. The van der Waals surface area contributed by atoms with Gasteiger partial charge in [-0.05, 0) is 31.1 Å². The topological polar surface area (TPSA) is 75.9 Å².